The van der Waals surface area contributed by atoms with Gasteiger partial charge in [0.1, 0.15) is 5.54 Å². The van der Waals surface area contributed by atoms with Crippen LogP contribution in [-0.2, 0) is 26.3 Å². The molecule has 0 unspecified atom stereocenters. The van der Waals surface area contributed by atoms with Gasteiger partial charge >= 0.3 is 0 Å². The number of amides is 3. The Balaban J connectivity index is 1.35. The summed E-state index contributed by atoms with van der Waals surface area (Å²) in [6.07, 6.45) is 3.73. The van der Waals surface area contributed by atoms with Gasteiger partial charge in [-0.15, -0.1) is 11.3 Å². The van der Waals surface area contributed by atoms with E-state index in [4.69, 9.17) is 0 Å². The second-order valence-electron chi connectivity index (χ2n) is 10.1. The second kappa shape index (κ2) is 8.71. The number of carbonyl (C=O) groups excluding carboxylic acids is 3. The smallest absolute Gasteiger partial charge is 0.253 e. The number of anilines is 1. The number of benzene rings is 1. The second-order valence-corrected chi connectivity index (χ2v) is 11.1. The Morgan fingerprint density at radius 2 is 2.03 bits per heavy atom. The molecule has 3 fully saturated rings. The van der Waals surface area contributed by atoms with Crippen molar-refractivity contribution < 1.29 is 14.4 Å². The lowest BCUT2D eigenvalue weighted by atomic mass is 9.78. The highest BCUT2D eigenvalue weighted by molar-refractivity contribution is 7.09. The van der Waals surface area contributed by atoms with Gasteiger partial charge in [0.05, 0.1) is 23.0 Å². The minimum Gasteiger partial charge on any atom is -0.356 e. The standard InChI is InChI=1S/C26H31N5O3S/c1-17-28-18(16-35-17)14-23(32)29-10-5-9-27-24(33)21-15-19-6-4-11-31(19)26(21)20-7-2-3-8-22(20)30(13-12-29)25(26)34/h2-3,7-8,16,19,21H,4-6,9-15H2,1H3,(H,27,33)/t19-,21+,26+/m0/s1. The van der Waals surface area contributed by atoms with Crippen molar-refractivity contribution in [3.63, 3.8) is 0 Å². The number of hydrogen-bond donors (Lipinski definition) is 1. The molecular weight excluding hydrogens is 462 g/mol. The molecule has 3 amide bonds. The molecule has 4 aliphatic heterocycles. The van der Waals surface area contributed by atoms with Crippen molar-refractivity contribution in [1.82, 2.24) is 20.1 Å². The number of carbonyl (C=O) groups is 3. The highest BCUT2D eigenvalue weighted by Gasteiger charge is 2.67. The number of aromatic nitrogens is 1. The summed E-state index contributed by atoms with van der Waals surface area (Å²) in [5, 5.41) is 5.99. The van der Waals surface area contributed by atoms with E-state index in [-0.39, 0.29) is 30.2 Å². The average Bonchev–Trinajstić information content (AvgIpc) is 3.59. The number of fused-ring (bicyclic) bond motifs is 4. The average molecular weight is 494 g/mol. The maximum Gasteiger partial charge on any atom is 0.253 e. The largest absolute Gasteiger partial charge is 0.356 e. The Morgan fingerprint density at radius 1 is 1.17 bits per heavy atom. The maximum atomic E-state index is 14.3. The van der Waals surface area contributed by atoms with Gasteiger partial charge in [-0.25, -0.2) is 4.98 Å². The molecule has 184 valence electrons. The third kappa shape index (κ3) is 3.50. The van der Waals surface area contributed by atoms with Crippen molar-refractivity contribution in [2.45, 2.75) is 50.6 Å². The summed E-state index contributed by atoms with van der Waals surface area (Å²) in [4.78, 5) is 51.5. The number of nitrogens with one attached hydrogen (secondary N) is 1. The van der Waals surface area contributed by atoms with Crippen molar-refractivity contribution >= 4 is 34.7 Å². The Labute approximate surface area is 209 Å². The van der Waals surface area contributed by atoms with E-state index in [2.05, 4.69) is 15.2 Å². The van der Waals surface area contributed by atoms with Gasteiger partial charge in [0.15, 0.2) is 0 Å². The van der Waals surface area contributed by atoms with E-state index in [9.17, 15) is 14.4 Å². The Hall–Kier alpha value is -2.78. The van der Waals surface area contributed by atoms with E-state index in [0.717, 1.165) is 47.8 Å². The number of rotatable bonds is 2. The SMILES string of the molecule is Cc1nc(CC(=O)N2CCCNC(=O)[C@H]3C[C@@H]4CCCN4[C@@]34C(=O)N(CC2)c2ccccc24)cs1. The molecule has 0 aliphatic carbocycles. The number of hydrogen-bond acceptors (Lipinski definition) is 6. The van der Waals surface area contributed by atoms with Gasteiger partial charge in [-0.2, -0.15) is 0 Å². The molecule has 2 aromatic rings. The fourth-order valence-corrected chi connectivity index (χ4v) is 7.34. The van der Waals surface area contributed by atoms with Crippen molar-refractivity contribution in [2.75, 3.05) is 37.6 Å². The minimum absolute atomic E-state index is 0.00619. The fraction of sp³-hybridized carbons (Fsp3) is 0.538. The van der Waals surface area contributed by atoms with Gasteiger partial charge in [-0.1, -0.05) is 18.2 Å². The molecule has 35 heavy (non-hydrogen) atoms. The molecule has 8 nitrogen and oxygen atoms in total. The summed E-state index contributed by atoms with van der Waals surface area (Å²) in [6.45, 7) is 4.68. The van der Waals surface area contributed by atoms with Crippen LogP contribution >= 0.6 is 11.3 Å². The van der Waals surface area contributed by atoms with E-state index in [1.165, 1.54) is 0 Å². The van der Waals surface area contributed by atoms with Crippen LogP contribution < -0.4 is 10.2 Å². The first-order valence-electron chi connectivity index (χ1n) is 12.6. The van der Waals surface area contributed by atoms with Crippen LogP contribution in [0.25, 0.3) is 0 Å². The summed E-state index contributed by atoms with van der Waals surface area (Å²) in [5.41, 5.74) is 1.68. The quantitative estimate of drug-likeness (QED) is 0.692. The molecule has 2 bridgehead atoms. The lowest BCUT2D eigenvalue weighted by Gasteiger charge is -2.38. The topological polar surface area (TPSA) is 85.9 Å². The van der Waals surface area contributed by atoms with E-state index in [0.29, 0.717) is 32.6 Å². The highest BCUT2D eigenvalue weighted by Crippen LogP contribution is 2.56. The Kier molecular flexibility index (Phi) is 5.64. The van der Waals surface area contributed by atoms with Crippen LogP contribution in [0.4, 0.5) is 5.69 Å². The number of aryl methyl sites for hydroxylation is 1. The van der Waals surface area contributed by atoms with Crippen LogP contribution in [0.5, 0.6) is 0 Å². The zero-order valence-corrected chi connectivity index (χ0v) is 20.9. The zero-order valence-electron chi connectivity index (χ0n) is 20.0. The maximum absolute atomic E-state index is 14.3. The van der Waals surface area contributed by atoms with Gasteiger partial charge in [-0.3, -0.25) is 19.3 Å². The van der Waals surface area contributed by atoms with Crippen LogP contribution in [0, 0.1) is 12.8 Å². The van der Waals surface area contributed by atoms with Gasteiger partial charge in [0.2, 0.25) is 11.8 Å². The van der Waals surface area contributed by atoms with Crippen molar-refractivity contribution in [2.24, 2.45) is 5.92 Å². The van der Waals surface area contributed by atoms with Crippen molar-refractivity contribution in [3.8, 4) is 0 Å². The summed E-state index contributed by atoms with van der Waals surface area (Å²) in [5.74, 6) is -0.435. The summed E-state index contributed by atoms with van der Waals surface area (Å²) in [6, 6.07) is 8.20. The van der Waals surface area contributed by atoms with E-state index in [1.807, 2.05) is 46.4 Å². The van der Waals surface area contributed by atoms with Gasteiger partial charge in [-0.05, 0) is 45.2 Å². The molecule has 4 aliphatic rings. The molecule has 1 N–H and O–H groups in total. The number of nitrogens with zero attached hydrogens (tertiary/aromatic N) is 4. The Bertz CT molecular complexity index is 1180. The van der Waals surface area contributed by atoms with Crippen LogP contribution in [0.15, 0.2) is 29.6 Å². The summed E-state index contributed by atoms with van der Waals surface area (Å²) >= 11 is 1.54. The molecule has 1 aromatic carbocycles. The molecule has 6 rings (SSSR count). The molecule has 0 radical (unpaired) electrons. The van der Waals surface area contributed by atoms with Gasteiger partial charge in [0.25, 0.3) is 5.91 Å². The predicted molar refractivity (Wildman–Crippen MR) is 133 cm³/mol. The third-order valence-corrected chi connectivity index (χ3v) is 9.01. The summed E-state index contributed by atoms with van der Waals surface area (Å²) in [7, 11) is 0. The van der Waals surface area contributed by atoms with E-state index >= 15 is 0 Å². The van der Waals surface area contributed by atoms with Crippen LogP contribution in [0.3, 0.4) is 0 Å². The highest BCUT2D eigenvalue weighted by atomic mass is 32.1. The molecule has 3 atom stereocenters. The third-order valence-electron chi connectivity index (χ3n) is 8.18. The number of thiazole rings is 1. The fourth-order valence-electron chi connectivity index (χ4n) is 6.73. The molecule has 5 heterocycles. The Morgan fingerprint density at radius 3 is 2.86 bits per heavy atom. The minimum atomic E-state index is -0.937. The van der Waals surface area contributed by atoms with Gasteiger partial charge < -0.3 is 15.1 Å². The predicted octanol–water partition coefficient (Wildman–Crippen LogP) is 2.07. The molecule has 9 heteroatoms. The monoisotopic (exact) mass is 493 g/mol. The van der Waals surface area contributed by atoms with E-state index in [1.54, 1.807) is 11.3 Å². The van der Waals surface area contributed by atoms with Crippen molar-refractivity contribution in [1.29, 1.82) is 0 Å². The molecule has 0 saturated carbocycles. The lowest BCUT2D eigenvalue weighted by Crippen LogP contribution is -2.57. The number of para-hydroxylation sites is 1. The van der Waals surface area contributed by atoms with Crippen LogP contribution in [0.2, 0.25) is 0 Å². The first kappa shape index (κ1) is 22.7. The molecule has 3 saturated heterocycles. The zero-order chi connectivity index (χ0) is 24.2. The lowest BCUT2D eigenvalue weighted by molar-refractivity contribution is -0.139. The summed E-state index contributed by atoms with van der Waals surface area (Å²) < 4.78 is 0. The first-order chi connectivity index (χ1) is 17.0. The molecule has 1 aromatic heterocycles. The van der Waals surface area contributed by atoms with Gasteiger partial charge in [0, 0.05) is 48.9 Å². The van der Waals surface area contributed by atoms with Crippen LogP contribution in [-0.4, -0.2) is 71.3 Å². The van der Waals surface area contributed by atoms with E-state index < -0.39 is 11.5 Å². The molecule has 1 spiro atoms. The van der Waals surface area contributed by atoms with Crippen molar-refractivity contribution in [3.05, 3.63) is 45.9 Å². The molecular formula is C26H31N5O3S. The normalized spacial score (nSPS) is 28.7. The van der Waals surface area contributed by atoms with Crippen LogP contribution in [0.1, 0.15) is 41.9 Å². The first-order valence-corrected chi connectivity index (χ1v) is 13.5.